The van der Waals surface area contributed by atoms with Crippen molar-refractivity contribution < 1.29 is 19.1 Å². The van der Waals surface area contributed by atoms with Gasteiger partial charge in [0.1, 0.15) is 11.5 Å². The average Bonchev–Trinajstić information content (AvgIpc) is 2.90. The minimum Gasteiger partial charge on any atom is -0.497 e. The second-order valence-electron chi connectivity index (χ2n) is 6.04. The fourth-order valence-electron chi connectivity index (χ4n) is 3.02. The summed E-state index contributed by atoms with van der Waals surface area (Å²) in [5.74, 6) is 1.05. The zero-order chi connectivity index (χ0) is 17.8. The number of piperidine rings is 1. The highest BCUT2D eigenvalue weighted by atomic mass is 32.2. The molecule has 2 aliphatic rings. The van der Waals surface area contributed by atoms with E-state index in [1.165, 1.54) is 11.3 Å². The van der Waals surface area contributed by atoms with Crippen molar-refractivity contribution in [2.45, 2.75) is 19.3 Å². The van der Waals surface area contributed by atoms with Crippen LogP contribution >= 0.6 is 11.8 Å². The highest BCUT2D eigenvalue weighted by Crippen LogP contribution is 2.35. The molecule has 134 valence electrons. The van der Waals surface area contributed by atoms with Crippen LogP contribution < -0.4 is 9.47 Å². The molecule has 2 fully saturated rings. The SMILES string of the molecule is COc1ccc(OC)c(/C=C2/SC(=O)N(CN3CCCCC3)C2=O)c1. The summed E-state index contributed by atoms with van der Waals surface area (Å²) < 4.78 is 10.6. The molecule has 1 aromatic rings. The second-order valence-corrected chi connectivity index (χ2v) is 7.03. The number of benzene rings is 1. The van der Waals surface area contributed by atoms with Crippen LogP contribution in [0.15, 0.2) is 23.1 Å². The molecule has 2 saturated heterocycles. The van der Waals surface area contributed by atoms with Gasteiger partial charge in [-0.1, -0.05) is 6.42 Å². The van der Waals surface area contributed by atoms with Gasteiger partial charge in [0.15, 0.2) is 0 Å². The normalized spacial score (nSPS) is 20.4. The van der Waals surface area contributed by atoms with E-state index in [1.807, 2.05) is 0 Å². The van der Waals surface area contributed by atoms with Gasteiger partial charge in [-0.3, -0.25) is 19.4 Å². The maximum atomic E-state index is 12.7. The number of carbonyl (C=O) groups excluding carboxylic acids is 2. The fourth-order valence-corrected chi connectivity index (χ4v) is 3.84. The Balaban J connectivity index is 1.80. The number of rotatable bonds is 5. The van der Waals surface area contributed by atoms with Crippen molar-refractivity contribution >= 4 is 29.0 Å². The van der Waals surface area contributed by atoms with Gasteiger partial charge in [0.25, 0.3) is 11.1 Å². The lowest BCUT2D eigenvalue weighted by Crippen LogP contribution is -2.42. The summed E-state index contributed by atoms with van der Waals surface area (Å²) >= 11 is 0.973. The number of carbonyl (C=O) groups is 2. The number of likely N-dealkylation sites (tertiary alicyclic amines) is 1. The molecule has 0 aromatic heterocycles. The first-order valence-electron chi connectivity index (χ1n) is 8.32. The summed E-state index contributed by atoms with van der Waals surface area (Å²) in [5.41, 5.74) is 0.713. The Morgan fingerprint density at radius 1 is 1.12 bits per heavy atom. The van der Waals surface area contributed by atoms with Crippen molar-refractivity contribution in [3.8, 4) is 11.5 Å². The zero-order valence-electron chi connectivity index (χ0n) is 14.5. The van der Waals surface area contributed by atoms with E-state index in [9.17, 15) is 9.59 Å². The summed E-state index contributed by atoms with van der Waals surface area (Å²) in [7, 11) is 3.15. The van der Waals surface area contributed by atoms with Crippen LogP contribution in [0.4, 0.5) is 4.79 Å². The minimum atomic E-state index is -0.245. The number of hydrogen-bond acceptors (Lipinski definition) is 6. The molecule has 1 aromatic carbocycles. The van der Waals surface area contributed by atoms with Crippen LogP contribution in [0.25, 0.3) is 6.08 Å². The molecular weight excluding hydrogens is 340 g/mol. The first-order chi connectivity index (χ1) is 12.1. The first kappa shape index (κ1) is 17.8. The summed E-state index contributed by atoms with van der Waals surface area (Å²) in [5, 5.41) is -0.219. The van der Waals surface area contributed by atoms with Gasteiger partial charge < -0.3 is 9.47 Å². The Morgan fingerprint density at radius 3 is 2.56 bits per heavy atom. The topological polar surface area (TPSA) is 59.1 Å². The Bertz CT molecular complexity index is 698. The van der Waals surface area contributed by atoms with Crippen molar-refractivity contribution in [2.75, 3.05) is 34.0 Å². The molecule has 0 bridgehead atoms. The molecule has 0 aliphatic carbocycles. The smallest absolute Gasteiger partial charge is 0.294 e. The number of nitrogens with zero attached hydrogens (tertiary/aromatic N) is 2. The van der Waals surface area contributed by atoms with Gasteiger partial charge in [-0.15, -0.1) is 0 Å². The van der Waals surface area contributed by atoms with Crippen molar-refractivity contribution in [2.24, 2.45) is 0 Å². The summed E-state index contributed by atoms with van der Waals surface area (Å²) in [6, 6.07) is 5.36. The van der Waals surface area contributed by atoms with Crippen molar-refractivity contribution in [1.29, 1.82) is 0 Å². The Hall–Kier alpha value is -1.99. The van der Waals surface area contributed by atoms with Crippen molar-refractivity contribution in [1.82, 2.24) is 9.80 Å². The number of methoxy groups -OCH3 is 2. The highest BCUT2D eigenvalue weighted by molar-refractivity contribution is 8.18. The molecule has 6 nitrogen and oxygen atoms in total. The van der Waals surface area contributed by atoms with Gasteiger partial charge in [-0.05, 0) is 62.0 Å². The third kappa shape index (κ3) is 3.99. The van der Waals surface area contributed by atoms with E-state index in [-0.39, 0.29) is 11.1 Å². The molecular formula is C18H22N2O4S. The van der Waals surface area contributed by atoms with Crippen LogP contribution in [0.5, 0.6) is 11.5 Å². The zero-order valence-corrected chi connectivity index (χ0v) is 15.3. The highest BCUT2D eigenvalue weighted by Gasteiger charge is 2.36. The molecule has 2 amide bonds. The average molecular weight is 362 g/mol. The number of ether oxygens (including phenoxy) is 2. The van der Waals surface area contributed by atoms with E-state index < -0.39 is 0 Å². The van der Waals surface area contributed by atoms with E-state index in [2.05, 4.69) is 4.90 Å². The quantitative estimate of drug-likeness (QED) is 0.750. The van der Waals surface area contributed by atoms with Gasteiger partial charge >= 0.3 is 0 Å². The van der Waals surface area contributed by atoms with Gasteiger partial charge in [0.05, 0.1) is 25.8 Å². The molecule has 2 heterocycles. The van der Waals surface area contributed by atoms with Crippen LogP contribution in [-0.2, 0) is 4.79 Å². The Kier molecular flexibility index (Phi) is 5.65. The maximum Gasteiger partial charge on any atom is 0.294 e. The monoisotopic (exact) mass is 362 g/mol. The van der Waals surface area contributed by atoms with Crippen molar-refractivity contribution in [3.63, 3.8) is 0 Å². The van der Waals surface area contributed by atoms with E-state index >= 15 is 0 Å². The molecule has 7 heteroatoms. The molecule has 0 saturated carbocycles. The third-order valence-electron chi connectivity index (χ3n) is 4.39. The van der Waals surface area contributed by atoms with E-state index in [0.29, 0.717) is 28.6 Å². The summed E-state index contributed by atoms with van der Waals surface area (Å²) in [4.78, 5) is 28.8. The lowest BCUT2D eigenvalue weighted by Gasteiger charge is -2.29. The van der Waals surface area contributed by atoms with Gasteiger partial charge in [0, 0.05) is 5.56 Å². The van der Waals surface area contributed by atoms with Crippen LogP contribution in [0.1, 0.15) is 24.8 Å². The fraction of sp³-hybridized carbons (Fsp3) is 0.444. The van der Waals surface area contributed by atoms with Gasteiger partial charge in [-0.2, -0.15) is 0 Å². The van der Waals surface area contributed by atoms with Crippen LogP contribution in [-0.4, -0.2) is 54.9 Å². The van der Waals surface area contributed by atoms with Gasteiger partial charge in [0.2, 0.25) is 0 Å². The molecule has 0 atom stereocenters. The lowest BCUT2D eigenvalue weighted by atomic mass is 10.1. The Morgan fingerprint density at radius 2 is 1.88 bits per heavy atom. The number of hydrogen-bond donors (Lipinski definition) is 0. The van der Waals surface area contributed by atoms with Crippen LogP contribution in [0.3, 0.4) is 0 Å². The molecule has 0 unspecified atom stereocenters. The van der Waals surface area contributed by atoms with E-state index in [1.54, 1.807) is 38.5 Å². The maximum absolute atomic E-state index is 12.7. The lowest BCUT2D eigenvalue weighted by molar-refractivity contribution is -0.124. The first-order valence-corrected chi connectivity index (χ1v) is 9.14. The molecule has 25 heavy (non-hydrogen) atoms. The standard InChI is InChI=1S/C18H22N2O4S/c1-23-14-6-7-15(24-2)13(10-14)11-16-17(21)20(18(22)25-16)12-19-8-4-3-5-9-19/h6-7,10-11H,3-5,8-9,12H2,1-2H3/b16-11+. The number of thioether (sulfide) groups is 1. The largest absolute Gasteiger partial charge is 0.497 e. The van der Waals surface area contributed by atoms with E-state index in [4.69, 9.17) is 9.47 Å². The van der Waals surface area contributed by atoms with Gasteiger partial charge in [-0.25, -0.2) is 0 Å². The summed E-state index contributed by atoms with van der Waals surface area (Å²) in [6.07, 6.45) is 5.15. The van der Waals surface area contributed by atoms with Crippen LogP contribution in [0, 0.1) is 0 Å². The number of amides is 2. The van der Waals surface area contributed by atoms with Crippen LogP contribution in [0.2, 0.25) is 0 Å². The molecule has 0 N–H and O–H groups in total. The Labute approximate surface area is 151 Å². The number of imide groups is 1. The predicted molar refractivity (Wildman–Crippen MR) is 97.6 cm³/mol. The second kappa shape index (κ2) is 7.93. The predicted octanol–water partition coefficient (Wildman–Crippen LogP) is 3.18. The third-order valence-corrected chi connectivity index (χ3v) is 5.29. The van der Waals surface area contributed by atoms with Crippen molar-refractivity contribution in [3.05, 3.63) is 28.7 Å². The molecule has 3 rings (SSSR count). The van der Waals surface area contributed by atoms with E-state index in [0.717, 1.165) is 37.7 Å². The molecule has 0 radical (unpaired) electrons. The molecule has 0 spiro atoms. The molecule has 2 aliphatic heterocycles. The minimum absolute atomic E-state index is 0.219. The summed E-state index contributed by atoms with van der Waals surface area (Å²) in [6.45, 7) is 2.24.